The van der Waals surface area contributed by atoms with Crippen molar-refractivity contribution in [3.8, 4) is 0 Å². The summed E-state index contributed by atoms with van der Waals surface area (Å²) in [6, 6.07) is 3.29. The Morgan fingerprint density at radius 1 is 1.35 bits per heavy atom. The number of anilines is 1. The average molecular weight is 314 g/mol. The Kier molecular flexibility index (Phi) is 3.96. The molecule has 0 bridgehead atoms. The van der Waals surface area contributed by atoms with Crippen LogP contribution in [0.5, 0.6) is 0 Å². The van der Waals surface area contributed by atoms with Gasteiger partial charge in [0.2, 0.25) is 0 Å². The van der Waals surface area contributed by atoms with E-state index in [1.165, 1.54) is 0 Å². The zero-order valence-electron chi connectivity index (χ0n) is 10.2. The molecule has 0 radical (unpaired) electrons. The molecule has 2 rings (SSSR count). The number of carboxylic acids is 1. The molecule has 6 nitrogen and oxygen atoms in total. The average Bonchev–Trinajstić information content (AvgIpc) is 2.88. The van der Waals surface area contributed by atoms with E-state index in [1.807, 2.05) is 0 Å². The predicted molar refractivity (Wildman–Crippen MR) is 74.7 cm³/mol. The molecule has 0 aliphatic heterocycles. The Balaban J connectivity index is 2.36. The number of carboxylic acid groups (broad SMARTS) is 1. The minimum Gasteiger partial charge on any atom is -0.477 e. The third-order valence-corrected chi connectivity index (χ3v) is 3.39. The smallest absolute Gasteiger partial charge is 0.354 e. The van der Waals surface area contributed by atoms with E-state index in [2.05, 4.69) is 15.3 Å². The molecule has 0 unspecified atom stereocenters. The van der Waals surface area contributed by atoms with Crippen LogP contribution in [0.15, 0.2) is 18.5 Å². The summed E-state index contributed by atoms with van der Waals surface area (Å²) in [7, 11) is 0. The van der Waals surface area contributed by atoms with E-state index >= 15 is 0 Å². The van der Waals surface area contributed by atoms with Crippen molar-refractivity contribution in [3.05, 3.63) is 45.5 Å². The summed E-state index contributed by atoms with van der Waals surface area (Å²) in [5, 5.41) is 11.9. The number of imidazole rings is 1. The van der Waals surface area contributed by atoms with E-state index in [4.69, 9.17) is 28.3 Å². The van der Waals surface area contributed by atoms with Crippen LogP contribution in [0.25, 0.3) is 0 Å². The molecule has 1 aromatic heterocycles. The molecule has 3 N–H and O–H groups in total. The highest BCUT2D eigenvalue weighted by Gasteiger charge is 2.21. The number of carbonyl (C=O) groups excluding carboxylic acids is 1. The molecule has 0 spiro atoms. The van der Waals surface area contributed by atoms with Crippen LogP contribution in [0, 0.1) is 6.92 Å². The van der Waals surface area contributed by atoms with Crippen molar-refractivity contribution < 1.29 is 14.7 Å². The zero-order valence-corrected chi connectivity index (χ0v) is 11.7. The number of aromatic amines is 1. The maximum absolute atomic E-state index is 12.0. The minimum absolute atomic E-state index is 0.220. The molecule has 20 heavy (non-hydrogen) atoms. The SMILES string of the molecule is Cc1ccc(Cl)c(NC(=O)c2nc[nH]c2C(=O)O)c1Cl. The van der Waals surface area contributed by atoms with Gasteiger partial charge in [-0.2, -0.15) is 0 Å². The normalized spacial score (nSPS) is 10.3. The second kappa shape index (κ2) is 5.52. The van der Waals surface area contributed by atoms with Gasteiger partial charge >= 0.3 is 5.97 Å². The topological polar surface area (TPSA) is 95.1 Å². The van der Waals surface area contributed by atoms with Gasteiger partial charge in [0.25, 0.3) is 5.91 Å². The highest BCUT2D eigenvalue weighted by atomic mass is 35.5. The monoisotopic (exact) mass is 313 g/mol. The lowest BCUT2D eigenvalue weighted by Gasteiger charge is -2.10. The number of H-pyrrole nitrogens is 1. The Morgan fingerprint density at radius 3 is 2.70 bits per heavy atom. The summed E-state index contributed by atoms with van der Waals surface area (Å²) in [4.78, 5) is 29.0. The van der Waals surface area contributed by atoms with Gasteiger partial charge in [-0.1, -0.05) is 29.3 Å². The first-order valence-electron chi connectivity index (χ1n) is 5.44. The summed E-state index contributed by atoms with van der Waals surface area (Å²) >= 11 is 12.0. The highest BCUT2D eigenvalue weighted by Crippen LogP contribution is 2.33. The third kappa shape index (κ3) is 2.61. The summed E-state index contributed by atoms with van der Waals surface area (Å²) in [5.74, 6) is -1.99. The number of rotatable bonds is 3. The van der Waals surface area contributed by atoms with E-state index in [0.717, 1.165) is 11.9 Å². The van der Waals surface area contributed by atoms with E-state index in [-0.39, 0.29) is 22.1 Å². The van der Waals surface area contributed by atoms with E-state index < -0.39 is 11.9 Å². The van der Waals surface area contributed by atoms with Crippen molar-refractivity contribution in [1.29, 1.82) is 0 Å². The lowest BCUT2D eigenvalue weighted by atomic mass is 10.2. The molecule has 1 heterocycles. The van der Waals surface area contributed by atoms with Gasteiger partial charge in [-0.05, 0) is 18.6 Å². The van der Waals surface area contributed by atoms with Crippen LogP contribution in [-0.2, 0) is 0 Å². The number of amides is 1. The van der Waals surface area contributed by atoms with Gasteiger partial charge < -0.3 is 15.4 Å². The highest BCUT2D eigenvalue weighted by molar-refractivity contribution is 6.40. The molecule has 1 amide bonds. The van der Waals surface area contributed by atoms with Crippen molar-refractivity contribution in [3.63, 3.8) is 0 Å². The number of aromatic carboxylic acids is 1. The van der Waals surface area contributed by atoms with Crippen LogP contribution >= 0.6 is 23.2 Å². The number of benzene rings is 1. The van der Waals surface area contributed by atoms with Gasteiger partial charge in [-0.3, -0.25) is 4.79 Å². The first-order valence-corrected chi connectivity index (χ1v) is 6.20. The number of aryl methyl sites for hydroxylation is 1. The van der Waals surface area contributed by atoms with Crippen LogP contribution in [0.3, 0.4) is 0 Å². The number of nitrogens with zero attached hydrogens (tertiary/aromatic N) is 1. The number of halogens is 2. The summed E-state index contributed by atoms with van der Waals surface area (Å²) in [6.07, 6.45) is 1.12. The number of hydrogen-bond donors (Lipinski definition) is 3. The third-order valence-electron chi connectivity index (χ3n) is 2.59. The Bertz CT molecular complexity index is 697. The summed E-state index contributed by atoms with van der Waals surface area (Å²) in [5.41, 5.74) is 0.401. The van der Waals surface area contributed by atoms with Crippen molar-refractivity contribution in [1.82, 2.24) is 9.97 Å². The van der Waals surface area contributed by atoms with E-state index in [1.54, 1.807) is 19.1 Å². The first-order chi connectivity index (χ1) is 9.41. The second-order valence-corrected chi connectivity index (χ2v) is 4.72. The molecule has 0 aliphatic carbocycles. The summed E-state index contributed by atoms with van der Waals surface area (Å²) < 4.78 is 0. The molecule has 8 heteroatoms. The van der Waals surface area contributed by atoms with E-state index in [0.29, 0.717) is 5.02 Å². The number of carbonyl (C=O) groups is 2. The molecule has 0 atom stereocenters. The van der Waals surface area contributed by atoms with Crippen LogP contribution < -0.4 is 5.32 Å². The van der Waals surface area contributed by atoms with Gasteiger partial charge in [0, 0.05) is 0 Å². The quantitative estimate of drug-likeness (QED) is 0.811. The maximum Gasteiger partial charge on any atom is 0.354 e. The van der Waals surface area contributed by atoms with Gasteiger partial charge in [-0.25, -0.2) is 9.78 Å². The fourth-order valence-corrected chi connectivity index (χ4v) is 2.04. The second-order valence-electron chi connectivity index (χ2n) is 3.94. The van der Waals surface area contributed by atoms with Gasteiger partial charge in [0.1, 0.15) is 0 Å². The fraction of sp³-hybridized carbons (Fsp3) is 0.0833. The molecule has 0 saturated carbocycles. The number of nitrogens with one attached hydrogen (secondary N) is 2. The van der Waals surface area contributed by atoms with Gasteiger partial charge in [0.05, 0.1) is 22.1 Å². The molecular weight excluding hydrogens is 305 g/mol. The standard InChI is InChI=1S/C12H9Cl2N3O3/c1-5-2-3-6(13)8(7(5)14)17-11(18)9-10(12(19)20)16-4-15-9/h2-4H,1H3,(H,15,16)(H,17,18)(H,19,20). The maximum atomic E-state index is 12.0. The van der Waals surface area contributed by atoms with Crippen molar-refractivity contribution in [2.24, 2.45) is 0 Å². The number of hydrogen-bond acceptors (Lipinski definition) is 3. The van der Waals surface area contributed by atoms with Crippen molar-refractivity contribution in [2.45, 2.75) is 6.92 Å². The Labute approximate surface area is 123 Å². The molecule has 0 aliphatic rings. The Morgan fingerprint density at radius 2 is 2.05 bits per heavy atom. The zero-order chi connectivity index (χ0) is 14.9. The van der Waals surface area contributed by atoms with Crippen LogP contribution in [-0.4, -0.2) is 27.0 Å². The lowest BCUT2D eigenvalue weighted by molar-refractivity contribution is 0.0686. The largest absolute Gasteiger partial charge is 0.477 e. The van der Waals surface area contributed by atoms with Crippen LogP contribution in [0.4, 0.5) is 5.69 Å². The van der Waals surface area contributed by atoms with Crippen LogP contribution in [0.1, 0.15) is 26.5 Å². The molecular formula is C12H9Cl2N3O3. The predicted octanol–water partition coefficient (Wildman–Crippen LogP) is 2.98. The minimum atomic E-state index is -1.28. The Hall–Kier alpha value is -2.05. The molecule has 2 aromatic rings. The summed E-state index contributed by atoms with van der Waals surface area (Å²) in [6.45, 7) is 1.76. The lowest BCUT2D eigenvalue weighted by Crippen LogP contribution is -2.17. The fourth-order valence-electron chi connectivity index (χ4n) is 1.57. The molecule has 0 fully saturated rings. The van der Waals surface area contributed by atoms with E-state index in [9.17, 15) is 9.59 Å². The molecule has 0 saturated heterocycles. The van der Waals surface area contributed by atoms with Crippen LogP contribution in [0.2, 0.25) is 10.0 Å². The van der Waals surface area contributed by atoms with Gasteiger partial charge in [0.15, 0.2) is 11.4 Å². The molecule has 1 aromatic carbocycles. The van der Waals surface area contributed by atoms with Crippen molar-refractivity contribution >= 4 is 40.8 Å². The molecule has 104 valence electrons. The number of aromatic nitrogens is 2. The van der Waals surface area contributed by atoms with Gasteiger partial charge in [-0.15, -0.1) is 0 Å². The van der Waals surface area contributed by atoms with Crippen molar-refractivity contribution in [2.75, 3.05) is 5.32 Å². The first kappa shape index (κ1) is 14.4.